The van der Waals surface area contributed by atoms with E-state index in [0.29, 0.717) is 13.2 Å². The van der Waals surface area contributed by atoms with E-state index in [4.69, 9.17) is 21.1 Å². The molecule has 0 amide bonds. The van der Waals surface area contributed by atoms with E-state index in [9.17, 15) is 4.39 Å². The standard InChI is InChI=1S/C16H17ClFNO2/c1-19-9-12-4-5-13(20-2)8-16(12)21-10-11-3-6-15(18)14(17)7-11/h3-8,19H,9-10H2,1-2H3. The molecule has 0 atom stereocenters. The Hall–Kier alpha value is -1.78. The van der Waals surface area contributed by atoms with Gasteiger partial charge in [-0.3, -0.25) is 0 Å². The van der Waals surface area contributed by atoms with Crippen molar-refractivity contribution in [3.63, 3.8) is 0 Å². The van der Waals surface area contributed by atoms with Crippen molar-refractivity contribution >= 4 is 11.6 Å². The molecule has 0 aromatic heterocycles. The van der Waals surface area contributed by atoms with Gasteiger partial charge in [0, 0.05) is 18.2 Å². The number of hydrogen-bond donors (Lipinski definition) is 1. The lowest BCUT2D eigenvalue weighted by Crippen LogP contribution is -2.08. The van der Waals surface area contributed by atoms with Gasteiger partial charge in [0.05, 0.1) is 12.1 Å². The van der Waals surface area contributed by atoms with Gasteiger partial charge in [-0.25, -0.2) is 4.39 Å². The van der Waals surface area contributed by atoms with Crippen molar-refractivity contribution in [1.82, 2.24) is 5.32 Å². The molecule has 2 aromatic carbocycles. The lowest BCUT2D eigenvalue weighted by Gasteiger charge is -2.13. The molecular formula is C16H17ClFNO2. The molecule has 3 nitrogen and oxygen atoms in total. The zero-order chi connectivity index (χ0) is 15.2. The summed E-state index contributed by atoms with van der Waals surface area (Å²) in [6.45, 7) is 0.993. The normalized spacial score (nSPS) is 10.5. The van der Waals surface area contributed by atoms with Crippen LogP contribution in [0.5, 0.6) is 11.5 Å². The molecule has 0 heterocycles. The van der Waals surface area contributed by atoms with E-state index in [2.05, 4.69) is 5.32 Å². The minimum absolute atomic E-state index is 0.0946. The van der Waals surface area contributed by atoms with E-state index >= 15 is 0 Å². The minimum Gasteiger partial charge on any atom is -0.497 e. The largest absolute Gasteiger partial charge is 0.497 e. The summed E-state index contributed by atoms with van der Waals surface area (Å²) in [5.41, 5.74) is 1.83. The molecule has 2 aromatic rings. The summed E-state index contributed by atoms with van der Waals surface area (Å²) in [6, 6.07) is 10.2. The van der Waals surface area contributed by atoms with E-state index in [0.717, 1.165) is 22.6 Å². The highest BCUT2D eigenvalue weighted by Gasteiger charge is 2.07. The molecule has 0 aliphatic carbocycles. The predicted octanol–water partition coefficient (Wildman–Crippen LogP) is 3.79. The molecule has 1 N–H and O–H groups in total. The molecule has 0 fully saturated rings. The van der Waals surface area contributed by atoms with Crippen LogP contribution in [0.3, 0.4) is 0 Å². The molecule has 0 spiro atoms. The van der Waals surface area contributed by atoms with Crippen molar-refractivity contribution in [3.8, 4) is 11.5 Å². The number of rotatable bonds is 6. The van der Waals surface area contributed by atoms with Crippen LogP contribution in [0.1, 0.15) is 11.1 Å². The number of methoxy groups -OCH3 is 1. The highest BCUT2D eigenvalue weighted by atomic mass is 35.5. The van der Waals surface area contributed by atoms with E-state index < -0.39 is 5.82 Å². The van der Waals surface area contributed by atoms with Crippen LogP contribution in [0.2, 0.25) is 5.02 Å². The van der Waals surface area contributed by atoms with Gasteiger partial charge in [0.2, 0.25) is 0 Å². The van der Waals surface area contributed by atoms with Crippen molar-refractivity contribution in [3.05, 3.63) is 58.4 Å². The molecule has 0 saturated heterocycles. The van der Waals surface area contributed by atoms with Crippen molar-refractivity contribution < 1.29 is 13.9 Å². The smallest absolute Gasteiger partial charge is 0.141 e. The van der Waals surface area contributed by atoms with Crippen molar-refractivity contribution in [2.75, 3.05) is 14.2 Å². The number of ether oxygens (including phenoxy) is 2. The third kappa shape index (κ3) is 4.09. The summed E-state index contributed by atoms with van der Waals surface area (Å²) in [7, 11) is 3.48. The summed E-state index contributed by atoms with van der Waals surface area (Å²) in [5.74, 6) is 1.02. The zero-order valence-corrected chi connectivity index (χ0v) is 12.7. The highest BCUT2D eigenvalue weighted by Crippen LogP contribution is 2.26. The third-order valence-electron chi connectivity index (χ3n) is 3.02. The Kier molecular flexibility index (Phi) is 5.42. The molecule has 2 rings (SSSR count). The summed E-state index contributed by atoms with van der Waals surface area (Å²) < 4.78 is 24.1. The first-order valence-corrected chi connectivity index (χ1v) is 6.90. The molecule has 0 unspecified atom stereocenters. The number of benzene rings is 2. The fraction of sp³-hybridized carbons (Fsp3) is 0.250. The van der Waals surface area contributed by atoms with Crippen molar-refractivity contribution in [2.45, 2.75) is 13.2 Å². The molecule has 112 valence electrons. The fourth-order valence-electron chi connectivity index (χ4n) is 1.92. The topological polar surface area (TPSA) is 30.5 Å². The lowest BCUT2D eigenvalue weighted by atomic mass is 10.2. The average molecular weight is 310 g/mol. The molecule has 21 heavy (non-hydrogen) atoms. The second-order valence-corrected chi connectivity index (χ2v) is 4.95. The van der Waals surface area contributed by atoms with Gasteiger partial charge in [-0.05, 0) is 30.8 Å². The van der Waals surface area contributed by atoms with Crippen LogP contribution in [-0.2, 0) is 13.2 Å². The zero-order valence-electron chi connectivity index (χ0n) is 12.0. The Morgan fingerprint density at radius 1 is 1.19 bits per heavy atom. The number of halogens is 2. The van der Waals surface area contributed by atoms with Gasteiger partial charge in [-0.1, -0.05) is 23.7 Å². The Bertz CT molecular complexity index is 619. The second-order valence-electron chi connectivity index (χ2n) is 4.54. The van der Waals surface area contributed by atoms with Gasteiger partial charge < -0.3 is 14.8 Å². The maximum Gasteiger partial charge on any atom is 0.141 e. The molecule has 0 aliphatic heterocycles. The van der Waals surface area contributed by atoms with Gasteiger partial charge >= 0.3 is 0 Å². The van der Waals surface area contributed by atoms with Gasteiger partial charge in [-0.15, -0.1) is 0 Å². The maximum absolute atomic E-state index is 13.1. The molecule has 0 aliphatic rings. The van der Waals surface area contributed by atoms with Gasteiger partial charge in [-0.2, -0.15) is 0 Å². The van der Waals surface area contributed by atoms with E-state index in [-0.39, 0.29) is 5.02 Å². The second kappa shape index (κ2) is 7.29. The Labute approximate surface area is 128 Å². The molecule has 5 heteroatoms. The van der Waals surface area contributed by atoms with Crippen LogP contribution < -0.4 is 14.8 Å². The predicted molar refractivity (Wildman–Crippen MR) is 81.5 cm³/mol. The summed E-state index contributed by atoms with van der Waals surface area (Å²) in [6.07, 6.45) is 0. The number of hydrogen-bond acceptors (Lipinski definition) is 3. The first-order chi connectivity index (χ1) is 10.1. The minimum atomic E-state index is -0.433. The molecule has 0 bridgehead atoms. The summed E-state index contributed by atoms with van der Waals surface area (Å²) in [5, 5.41) is 3.18. The summed E-state index contributed by atoms with van der Waals surface area (Å²) in [4.78, 5) is 0. The molecule has 0 radical (unpaired) electrons. The van der Waals surface area contributed by atoms with Crippen molar-refractivity contribution in [1.29, 1.82) is 0 Å². The van der Waals surface area contributed by atoms with Gasteiger partial charge in [0.15, 0.2) is 0 Å². The lowest BCUT2D eigenvalue weighted by molar-refractivity contribution is 0.299. The highest BCUT2D eigenvalue weighted by molar-refractivity contribution is 6.30. The number of nitrogens with one attached hydrogen (secondary N) is 1. The third-order valence-corrected chi connectivity index (χ3v) is 3.31. The molecular weight excluding hydrogens is 293 g/mol. The van der Waals surface area contributed by atoms with E-state index in [1.165, 1.54) is 6.07 Å². The Balaban J connectivity index is 2.15. The van der Waals surface area contributed by atoms with Gasteiger partial charge in [0.25, 0.3) is 0 Å². The first-order valence-electron chi connectivity index (χ1n) is 6.52. The van der Waals surface area contributed by atoms with Crippen LogP contribution in [0.15, 0.2) is 36.4 Å². The Morgan fingerprint density at radius 3 is 2.67 bits per heavy atom. The SMILES string of the molecule is CNCc1ccc(OC)cc1OCc1ccc(F)c(Cl)c1. The van der Waals surface area contributed by atoms with Crippen LogP contribution in [-0.4, -0.2) is 14.2 Å². The van der Waals surface area contributed by atoms with Crippen LogP contribution in [0.25, 0.3) is 0 Å². The van der Waals surface area contributed by atoms with Gasteiger partial charge in [0.1, 0.15) is 23.9 Å². The average Bonchev–Trinajstić information content (AvgIpc) is 2.50. The molecule has 0 saturated carbocycles. The van der Waals surface area contributed by atoms with E-state index in [1.54, 1.807) is 19.2 Å². The monoisotopic (exact) mass is 309 g/mol. The Morgan fingerprint density at radius 2 is 2.00 bits per heavy atom. The quantitative estimate of drug-likeness (QED) is 0.880. The first kappa shape index (κ1) is 15.6. The summed E-state index contributed by atoms with van der Waals surface area (Å²) >= 11 is 5.76. The van der Waals surface area contributed by atoms with Crippen LogP contribution >= 0.6 is 11.6 Å². The van der Waals surface area contributed by atoms with Crippen LogP contribution in [0, 0.1) is 5.82 Å². The van der Waals surface area contributed by atoms with Crippen molar-refractivity contribution in [2.24, 2.45) is 0 Å². The maximum atomic E-state index is 13.1. The fourth-order valence-corrected chi connectivity index (χ4v) is 2.13. The van der Waals surface area contributed by atoms with Crippen LogP contribution in [0.4, 0.5) is 4.39 Å². The van der Waals surface area contributed by atoms with E-state index in [1.807, 2.05) is 25.2 Å².